The molecule has 0 bridgehead atoms. The summed E-state index contributed by atoms with van der Waals surface area (Å²) in [6.07, 6.45) is 4.80. The van der Waals surface area contributed by atoms with Crippen LogP contribution in [0.1, 0.15) is 51.8 Å². The lowest BCUT2D eigenvalue weighted by Crippen LogP contribution is -2.49. The van der Waals surface area contributed by atoms with Gasteiger partial charge in [0, 0.05) is 25.2 Å². The molecule has 21 heavy (non-hydrogen) atoms. The average Bonchev–Trinajstić information content (AvgIpc) is 3.02. The Bertz CT molecular complexity index is 589. The fourth-order valence-corrected chi connectivity index (χ4v) is 4.53. The number of nitrogens with zero attached hydrogens (tertiary/aromatic N) is 3. The van der Waals surface area contributed by atoms with E-state index in [-0.39, 0.29) is 5.97 Å². The highest BCUT2D eigenvalue weighted by atomic mass is 16.6. The zero-order chi connectivity index (χ0) is 14.8. The van der Waals surface area contributed by atoms with Gasteiger partial charge in [-0.1, -0.05) is 0 Å². The van der Waals surface area contributed by atoms with Crippen LogP contribution in [0.15, 0.2) is 12.3 Å². The van der Waals surface area contributed by atoms with E-state index in [0.717, 1.165) is 32.4 Å². The van der Waals surface area contributed by atoms with Gasteiger partial charge in [-0.2, -0.15) is 5.10 Å². The zero-order valence-corrected chi connectivity index (χ0v) is 13.0. The normalized spacial score (nSPS) is 34.6. The molecule has 0 radical (unpaired) electrons. The van der Waals surface area contributed by atoms with Crippen molar-refractivity contribution in [3.8, 4) is 0 Å². The molecule has 0 unspecified atom stereocenters. The highest BCUT2D eigenvalue weighted by Crippen LogP contribution is 2.55. The van der Waals surface area contributed by atoms with Crippen molar-refractivity contribution in [3.05, 3.63) is 18.0 Å². The van der Waals surface area contributed by atoms with Gasteiger partial charge in [-0.15, -0.1) is 0 Å². The highest BCUT2D eigenvalue weighted by Gasteiger charge is 2.61. The molecule has 0 saturated carbocycles. The maximum absolute atomic E-state index is 12.9. The van der Waals surface area contributed by atoms with Crippen molar-refractivity contribution in [2.24, 2.45) is 5.92 Å². The standard InChI is InChI=1S/C16H23N3O2/c1-15(2,3)21-14(20)16-6-4-8-18(16)13-11(9-16)10-19-12(13)5-7-17-19/h5,7,11,13H,4,6,8-10H2,1-3H3/t11-,13-,16-/m0/s1. The molecule has 1 aromatic rings. The summed E-state index contributed by atoms with van der Waals surface area (Å²) in [7, 11) is 0. The van der Waals surface area contributed by atoms with Gasteiger partial charge in [-0.25, -0.2) is 0 Å². The van der Waals surface area contributed by atoms with Gasteiger partial charge in [-0.05, 0) is 46.1 Å². The van der Waals surface area contributed by atoms with Crippen LogP contribution in [0.4, 0.5) is 0 Å². The molecule has 3 aliphatic rings. The van der Waals surface area contributed by atoms with E-state index in [0.29, 0.717) is 12.0 Å². The van der Waals surface area contributed by atoms with E-state index in [1.807, 2.05) is 27.0 Å². The van der Waals surface area contributed by atoms with Gasteiger partial charge in [0.05, 0.1) is 11.7 Å². The van der Waals surface area contributed by atoms with Crippen molar-refractivity contribution < 1.29 is 9.53 Å². The predicted molar refractivity (Wildman–Crippen MR) is 77.6 cm³/mol. The first kappa shape index (κ1) is 13.3. The second-order valence-electron chi connectivity index (χ2n) is 7.68. The van der Waals surface area contributed by atoms with Gasteiger partial charge in [0.1, 0.15) is 11.1 Å². The quantitative estimate of drug-likeness (QED) is 0.743. The molecule has 1 aromatic heterocycles. The summed E-state index contributed by atoms with van der Waals surface area (Å²) in [5.74, 6) is 0.481. The van der Waals surface area contributed by atoms with Crippen molar-refractivity contribution in [1.82, 2.24) is 14.7 Å². The van der Waals surface area contributed by atoms with Gasteiger partial charge >= 0.3 is 5.97 Å². The van der Waals surface area contributed by atoms with Crippen molar-refractivity contribution in [2.45, 2.75) is 63.8 Å². The van der Waals surface area contributed by atoms with Crippen LogP contribution in [0, 0.1) is 5.92 Å². The molecule has 2 saturated heterocycles. The number of hydrogen-bond donors (Lipinski definition) is 0. The lowest BCUT2D eigenvalue weighted by atomic mass is 9.89. The molecule has 0 aliphatic carbocycles. The van der Waals surface area contributed by atoms with Crippen molar-refractivity contribution in [2.75, 3.05) is 6.54 Å². The maximum Gasteiger partial charge on any atom is 0.327 e. The van der Waals surface area contributed by atoms with E-state index < -0.39 is 11.1 Å². The van der Waals surface area contributed by atoms with Gasteiger partial charge in [0.2, 0.25) is 0 Å². The molecule has 0 aromatic carbocycles. The first-order valence-corrected chi connectivity index (χ1v) is 7.93. The van der Waals surface area contributed by atoms with Gasteiger partial charge in [-0.3, -0.25) is 14.4 Å². The van der Waals surface area contributed by atoms with E-state index in [9.17, 15) is 4.79 Å². The molecule has 0 amide bonds. The third-order valence-electron chi connectivity index (χ3n) is 5.16. The van der Waals surface area contributed by atoms with Crippen LogP contribution in [0.2, 0.25) is 0 Å². The molecule has 0 N–H and O–H groups in total. The van der Waals surface area contributed by atoms with Crippen molar-refractivity contribution in [1.29, 1.82) is 0 Å². The third kappa shape index (κ3) is 1.79. The van der Waals surface area contributed by atoms with Crippen LogP contribution < -0.4 is 0 Å². The van der Waals surface area contributed by atoms with E-state index in [2.05, 4.69) is 20.7 Å². The number of rotatable bonds is 1. The second kappa shape index (κ2) is 4.09. The molecule has 3 atom stereocenters. The minimum absolute atomic E-state index is 0.0204. The van der Waals surface area contributed by atoms with Crippen LogP contribution in [-0.4, -0.2) is 38.3 Å². The Hall–Kier alpha value is -1.36. The zero-order valence-electron chi connectivity index (χ0n) is 13.0. The van der Waals surface area contributed by atoms with Crippen molar-refractivity contribution >= 4 is 5.97 Å². The Morgan fingerprint density at radius 1 is 1.48 bits per heavy atom. The summed E-state index contributed by atoms with van der Waals surface area (Å²) < 4.78 is 7.86. The number of aromatic nitrogens is 2. The SMILES string of the molecule is CC(C)(C)OC(=O)[C@@]12CCCN1[C@@H]1c3ccnn3C[C@@H]1C2. The number of hydrogen-bond acceptors (Lipinski definition) is 4. The summed E-state index contributed by atoms with van der Waals surface area (Å²) >= 11 is 0. The minimum atomic E-state index is -0.417. The predicted octanol–water partition coefficient (Wildman–Crippen LogP) is 2.13. The van der Waals surface area contributed by atoms with E-state index >= 15 is 0 Å². The molecule has 2 fully saturated rings. The smallest absolute Gasteiger partial charge is 0.327 e. The lowest BCUT2D eigenvalue weighted by Gasteiger charge is -2.35. The average molecular weight is 289 g/mol. The molecule has 5 nitrogen and oxygen atoms in total. The first-order chi connectivity index (χ1) is 9.91. The molecular formula is C16H23N3O2. The van der Waals surface area contributed by atoms with Crippen LogP contribution in [0.25, 0.3) is 0 Å². The van der Waals surface area contributed by atoms with E-state index in [1.54, 1.807) is 0 Å². The first-order valence-electron chi connectivity index (χ1n) is 7.93. The Labute approximate surface area is 125 Å². The van der Waals surface area contributed by atoms with Crippen LogP contribution in [-0.2, 0) is 16.1 Å². The maximum atomic E-state index is 12.9. The third-order valence-corrected chi connectivity index (χ3v) is 5.16. The molecule has 0 spiro atoms. The lowest BCUT2D eigenvalue weighted by molar-refractivity contribution is -0.167. The Kier molecular flexibility index (Phi) is 2.60. The highest BCUT2D eigenvalue weighted by molar-refractivity contribution is 5.82. The summed E-state index contributed by atoms with van der Waals surface area (Å²) in [4.78, 5) is 15.3. The Balaban J connectivity index is 1.67. The fraction of sp³-hybridized carbons (Fsp3) is 0.750. The fourth-order valence-electron chi connectivity index (χ4n) is 4.53. The number of ether oxygens (including phenoxy) is 1. The summed E-state index contributed by atoms with van der Waals surface area (Å²) in [6, 6.07) is 2.45. The second-order valence-corrected chi connectivity index (χ2v) is 7.68. The molecule has 114 valence electrons. The summed E-state index contributed by atoms with van der Waals surface area (Å²) in [5, 5.41) is 4.39. The monoisotopic (exact) mass is 289 g/mol. The molecule has 4 heterocycles. The van der Waals surface area contributed by atoms with E-state index in [1.165, 1.54) is 5.69 Å². The molecular weight excluding hydrogens is 266 g/mol. The summed E-state index contributed by atoms with van der Waals surface area (Å²) in [6.45, 7) is 7.78. The Morgan fingerprint density at radius 2 is 2.29 bits per heavy atom. The van der Waals surface area contributed by atoms with Crippen molar-refractivity contribution in [3.63, 3.8) is 0 Å². The number of fused-ring (bicyclic) bond motifs is 5. The molecule has 5 heteroatoms. The van der Waals surface area contributed by atoms with Crippen LogP contribution in [0.3, 0.4) is 0 Å². The number of carbonyl (C=O) groups excluding carboxylic acids is 1. The van der Waals surface area contributed by atoms with E-state index in [4.69, 9.17) is 4.74 Å². The van der Waals surface area contributed by atoms with Gasteiger partial charge in [0.25, 0.3) is 0 Å². The topological polar surface area (TPSA) is 47.4 Å². The largest absolute Gasteiger partial charge is 0.459 e. The minimum Gasteiger partial charge on any atom is -0.459 e. The van der Waals surface area contributed by atoms with Gasteiger partial charge in [0.15, 0.2) is 0 Å². The molecule has 4 rings (SSSR count). The number of esters is 1. The number of carbonyl (C=O) groups is 1. The van der Waals surface area contributed by atoms with Gasteiger partial charge < -0.3 is 4.74 Å². The van der Waals surface area contributed by atoms with Crippen LogP contribution in [0.5, 0.6) is 0 Å². The Morgan fingerprint density at radius 3 is 3.05 bits per heavy atom. The molecule has 3 aliphatic heterocycles. The van der Waals surface area contributed by atoms with Crippen LogP contribution >= 0.6 is 0 Å². The summed E-state index contributed by atoms with van der Waals surface area (Å²) in [5.41, 5.74) is 0.463.